The smallest absolute Gasteiger partial charge is 0.192 e. The largest absolute Gasteiger partial charge is 0.497 e. The second kappa shape index (κ2) is 4.49. The van der Waals surface area contributed by atoms with E-state index in [1.807, 2.05) is 32.0 Å². The number of benzene rings is 1. The molecule has 0 amide bonds. The monoisotopic (exact) mass is 233 g/mol. The van der Waals surface area contributed by atoms with Crippen LogP contribution in [0.15, 0.2) is 22.6 Å². The van der Waals surface area contributed by atoms with Crippen LogP contribution in [0.1, 0.15) is 11.6 Å². The molecule has 0 saturated heterocycles. The normalized spacial score (nSPS) is 10.4. The third-order valence-electron chi connectivity index (χ3n) is 2.55. The minimum atomic E-state index is 0.641. The highest BCUT2D eigenvalue weighted by atomic mass is 16.5. The fourth-order valence-electron chi connectivity index (χ4n) is 1.77. The van der Waals surface area contributed by atoms with Gasteiger partial charge in [0.2, 0.25) is 0 Å². The van der Waals surface area contributed by atoms with Gasteiger partial charge in [-0.2, -0.15) is 0 Å². The van der Waals surface area contributed by atoms with E-state index in [2.05, 4.69) is 4.98 Å². The Kier molecular flexibility index (Phi) is 3.04. The second-order valence-corrected chi connectivity index (χ2v) is 3.71. The lowest BCUT2D eigenvalue weighted by atomic mass is 10.1. The van der Waals surface area contributed by atoms with Crippen LogP contribution in [0.3, 0.4) is 0 Å². The molecule has 0 spiro atoms. The van der Waals surface area contributed by atoms with E-state index in [1.54, 1.807) is 14.2 Å². The molecule has 0 aliphatic heterocycles. The summed E-state index contributed by atoms with van der Waals surface area (Å²) < 4.78 is 16.1. The lowest BCUT2D eigenvalue weighted by Crippen LogP contribution is -1.90. The van der Waals surface area contributed by atoms with Gasteiger partial charge in [0.05, 0.1) is 25.5 Å². The SMILES string of the molecule is COc1ccc(OC)c(-c2oc(C)nc2C)c1. The first kappa shape index (κ1) is 11.5. The maximum absolute atomic E-state index is 5.60. The first-order chi connectivity index (χ1) is 8.15. The van der Waals surface area contributed by atoms with Crippen molar-refractivity contribution < 1.29 is 13.9 Å². The molecule has 0 radical (unpaired) electrons. The molecule has 90 valence electrons. The van der Waals surface area contributed by atoms with E-state index in [9.17, 15) is 0 Å². The van der Waals surface area contributed by atoms with Crippen molar-refractivity contribution in [2.75, 3.05) is 14.2 Å². The van der Waals surface area contributed by atoms with Gasteiger partial charge < -0.3 is 13.9 Å². The summed E-state index contributed by atoms with van der Waals surface area (Å²) in [4.78, 5) is 4.26. The minimum Gasteiger partial charge on any atom is -0.497 e. The van der Waals surface area contributed by atoms with Gasteiger partial charge in [-0.25, -0.2) is 4.98 Å². The second-order valence-electron chi connectivity index (χ2n) is 3.71. The van der Waals surface area contributed by atoms with E-state index in [1.165, 1.54) is 0 Å². The molecule has 0 saturated carbocycles. The number of nitrogens with zero attached hydrogens (tertiary/aromatic N) is 1. The predicted molar refractivity (Wildman–Crippen MR) is 64.5 cm³/mol. The molecule has 2 rings (SSSR count). The van der Waals surface area contributed by atoms with Crippen LogP contribution >= 0.6 is 0 Å². The molecular formula is C13H15NO3. The topological polar surface area (TPSA) is 44.5 Å². The van der Waals surface area contributed by atoms with Gasteiger partial charge in [0.25, 0.3) is 0 Å². The Morgan fingerprint density at radius 3 is 2.41 bits per heavy atom. The van der Waals surface area contributed by atoms with Gasteiger partial charge in [0.1, 0.15) is 11.5 Å². The molecule has 1 heterocycles. The van der Waals surface area contributed by atoms with Crippen molar-refractivity contribution in [2.24, 2.45) is 0 Å². The average Bonchev–Trinajstić information content (AvgIpc) is 2.67. The Bertz CT molecular complexity index is 531. The standard InChI is InChI=1S/C13H15NO3/c1-8-13(17-9(2)14-8)11-7-10(15-3)5-6-12(11)16-4/h5-7H,1-4H3. The third kappa shape index (κ3) is 2.11. The van der Waals surface area contributed by atoms with Crippen molar-refractivity contribution in [1.82, 2.24) is 4.98 Å². The Hall–Kier alpha value is -1.97. The van der Waals surface area contributed by atoms with Gasteiger partial charge in [-0.05, 0) is 25.1 Å². The fraction of sp³-hybridized carbons (Fsp3) is 0.308. The highest BCUT2D eigenvalue weighted by Gasteiger charge is 2.15. The summed E-state index contributed by atoms with van der Waals surface area (Å²) in [5.41, 5.74) is 1.69. The van der Waals surface area contributed by atoms with E-state index in [0.29, 0.717) is 5.89 Å². The Morgan fingerprint density at radius 2 is 1.88 bits per heavy atom. The number of rotatable bonds is 3. The van der Waals surface area contributed by atoms with Crippen LogP contribution < -0.4 is 9.47 Å². The molecule has 4 heteroatoms. The Morgan fingerprint density at radius 1 is 1.12 bits per heavy atom. The molecule has 0 fully saturated rings. The minimum absolute atomic E-state index is 0.641. The molecule has 0 bridgehead atoms. The first-order valence-corrected chi connectivity index (χ1v) is 5.32. The van der Waals surface area contributed by atoms with Gasteiger partial charge in [-0.1, -0.05) is 0 Å². The lowest BCUT2D eigenvalue weighted by molar-refractivity contribution is 0.402. The first-order valence-electron chi connectivity index (χ1n) is 5.32. The summed E-state index contributed by atoms with van der Waals surface area (Å²) in [6, 6.07) is 5.58. The average molecular weight is 233 g/mol. The summed E-state index contributed by atoms with van der Waals surface area (Å²) in [7, 11) is 3.26. The number of hydrogen-bond acceptors (Lipinski definition) is 4. The summed E-state index contributed by atoms with van der Waals surface area (Å²) in [6.07, 6.45) is 0. The Labute approximate surface area is 100 Å². The number of ether oxygens (including phenoxy) is 2. The summed E-state index contributed by atoms with van der Waals surface area (Å²) in [5, 5.41) is 0. The van der Waals surface area contributed by atoms with E-state index >= 15 is 0 Å². The summed E-state index contributed by atoms with van der Waals surface area (Å²) in [5.74, 6) is 2.86. The molecule has 0 unspecified atom stereocenters. The van der Waals surface area contributed by atoms with Crippen LogP contribution in [0, 0.1) is 13.8 Å². The number of oxazole rings is 1. The van der Waals surface area contributed by atoms with Crippen molar-refractivity contribution in [1.29, 1.82) is 0 Å². The molecule has 17 heavy (non-hydrogen) atoms. The van der Waals surface area contributed by atoms with Crippen molar-refractivity contribution >= 4 is 0 Å². The molecular weight excluding hydrogens is 218 g/mol. The van der Waals surface area contributed by atoms with Crippen LogP contribution in [-0.2, 0) is 0 Å². The van der Waals surface area contributed by atoms with Crippen LogP contribution in [0.5, 0.6) is 11.5 Å². The zero-order valence-electron chi connectivity index (χ0n) is 10.4. The summed E-state index contributed by atoms with van der Waals surface area (Å²) in [6.45, 7) is 3.73. The van der Waals surface area contributed by atoms with Gasteiger partial charge in [-0.3, -0.25) is 0 Å². The van der Waals surface area contributed by atoms with Gasteiger partial charge >= 0.3 is 0 Å². The maximum atomic E-state index is 5.60. The van der Waals surface area contributed by atoms with Crippen molar-refractivity contribution in [3.05, 3.63) is 29.8 Å². The third-order valence-corrected chi connectivity index (χ3v) is 2.55. The van der Waals surface area contributed by atoms with Gasteiger partial charge in [-0.15, -0.1) is 0 Å². The van der Waals surface area contributed by atoms with E-state index in [4.69, 9.17) is 13.9 Å². The molecule has 1 aromatic heterocycles. The van der Waals surface area contributed by atoms with Crippen LogP contribution in [0.25, 0.3) is 11.3 Å². The van der Waals surface area contributed by atoms with Crippen molar-refractivity contribution in [3.63, 3.8) is 0 Å². The predicted octanol–water partition coefficient (Wildman–Crippen LogP) is 2.98. The van der Waals surface area contributed by atoms with E-state index < -0.39 is 0 Å². The van der Waals surface area contributed by atoms with E-state index in [-0.39, 0.29) is 0 Å². The van der Waals surface area contributed by atoms with Crippen LogP contribution in [0.2, 0.25) is 0 Å². The number of aromatic nitrogens is 1. The Balaban J connectivity index is 2.59. The highest BCUT2D eigenvalue weighted by molar-refractivity contribution is 5.69. The molecule has 2 aromatic rings. The lowest BCUT2D eigenvalue weighted by Gasteiger charge is -2.08. The van der Waals surface area contributed by atoms with Crippen molar-refractivity contribution in [3.8, 4) is 22.8 Å². The number of methoxy groups -OCH3 is 2. The highest BCUT2D eigenvalue weighted by Crippen LogP contribution is 2.35. The van der Waals surface area contributed by atoms with Crippen LogP contribution in [-0.4, -0.2) is 19.2 Å². The molecule has 4 nitrogen and oxygen atoms in total. The molecule has 0 N–H and O–H groups in total. The number of aryl methyl sites for hydroxylation is 2. The van der Waals surface area contributed by atoms with Gasteiger partial charge in [0.15, 0.2) is 11.7 Å². The van der Waals surface area contributed by atoms with Crippen LogP contribution in [0.4, 0.5) is 0 Å². The zero-order chi connectivity index (χ0) is 12.4. The quantitative estimate of drug-likeness (QED) is 0.817. The number of hydrogen-bond donors (Lipinski definition) is 0. The molecule has 0 atom stereocenters. The maximum Gasteiger partial charge on any atom is 0.192 e. The zero-order valence-corrected chi connectivity index (χ0v) is 10.4. The van der Waals surface area contributed by atoms with E-state index in [0.717, 1.165) is 28.5 Å². The van der Waals surface area contributed by atoms with Crippen molar-refractivity contribution in [2.45, 2.75) is 13.8 Å². The molecule has 0 aliphatic carbocycles. The fourth-order valence-corrected chi connectivity index (χ4v) is 1.77. The molecule has 0 aliphatic rings. The summed E-state index contributed by atoms with van der Waals surface area (Å²) >= 11 is 0. The molecule has 1 aromatic carbocycles. The van der Waals surface area contributed by atoms with Gasteiger partial charge in [0, 0.05) is 6.92 Å².